The zero-order chi connectivity index (χ0) is 21.1. The van der Waals surface area contributed by atoms with Gasteiger partial charge in [-0.3, -0.25) is 4.79 Å². The van der Waals surface area contributed by atoms with Crippen LogP contribution in [0.1, 0.15) is 50.1 Å². The largest absolute Gasteiger partial charge is 0.469 e. The van der Waals surface area contributed by atoms with Crippen LogP contribution in [0.5, 0.6) is 0 Å². The summed E-state index contributed by atoms with van der Waals surface area (Å²) in [4.78, 5) is 19.5. The molecule has 0 aromatic carbocycles. The molecule has 0 radical (unpaired) electrons. The molecule has 1 aliphatic carbocycles. The van der Waals surface area contributed by atoms with Crippen LogP contribution in [0.15, 0.2) is 12.1 Å². The molecular formula is C22H29IN4O2. The summed E-state index contributed by atoms with van der Waals surface area (Å²) in [6, 6.07) is 4.21. The van der Waals surface area contributed by atoms with Crippen LogP contribution in [0.25, 0.3) is 5.69 Å². The molecule has 156 valence electrons. The predicted octanol–water partition coefficient (Wildman–Crippen LogP) is 4.25. The molecule has 1 saturated carbocycles. The van der Waals surface area contributed by atoms with Crippen molar-refractivity contribution in [2.24, 2.45) is 17.3 Å². The number of halogens is 1. The van der Waals surface area contributed by atoms with Gasteiger partial charge in [0.25, 0.3) is 0 Å². The molecule has 0 unspecified atom stereocenters. The van der Waals surface area contributed by atoms with E-state index < -0.39 is 0 Å². The van der Waals surface area contributed by atoms with E-state index in [-0.39, 0.29) is 11.4 Å². The van der Waals surface area contributed by atoms with Crippen molar-refractivity contribution in [3.8, 4) is 5.69 Å². The summed E-state index contributed by atoms with van der Waals surface area (Å²) in [5, 5.41) is 4.77. The molecule has 0 spiro atoms. The molecule has 0 N–H and O–H groups in total. The minimum Gasteiger partial charge on any atom is -0.469 e. The van der Waals surface area contributed by atoms with Crippen LogP contribution in [-0.4, -0.2) is 40.9 Å². The second-order valence-corrected chi connectivity index (χ2v) is 9.78. The highest BCUT2D eigenvalue weighted by molar-refractivity contribution is 14.1. The lowest BCUT2D eigenvalue weighted by Crippen LogP contribution is -2.38. The molecule has 1 saturated heterocycles. The number of rotatable bonds is 4. The average Bonchev–Trinajstić information content (AvgIpc) is 3.17. The SMILES string of the molecule is COC(=O)[C@]12CCN(c3ccc(-n4nc(I)c(C(C)C)c4C)c(C)n3)C[C@H]1[C@H]2C. The maximum absolute atomic E-state index is 12.3. The maximum atomic E-state index is 12.3. The zero-order valence-electron chi connectivity index (χ0n) is 18.0. The molecule has 2 fully saturated rings. The van der Waals surface area contributed by atoms with E-state index >= 15 is 0 Å². The van der Waals surface area contributed by atoms with Gasteiger partial charge in [0, 0.05) is 24.3 Å². The monoisotopic (exact) mass is 508 g/mol. The summed E-state index contributed by atoms with van der Waals surface area (Å²) < 4.78 is 8.16. The van der Waals surface area contributed by atoms with E-state index in [1.807, 2.05) is 11.6 Å². The number of aromatic nitrogens is 3. The van der Waals surface area contributed by atoms with Gasteiger partial charge in [0.2, 0.25) is 0 Å². The Balaban J connectivity index is 1.58. The Morgan fingerprint density at radius 2 is 2.07 bits per heavy atom. The van der Waals surface area contributed by atoms with E-state index in [9.17, 15) is 4.79 Å². The van der Waals surface area contributed by atoms with Gasteiger partial charge in [-0.2, -0.15) is 5.10 Å². The first-order valence-electron chi connectivity index (χ1n) is 10.3. The number of piperidine rings is 1. The fourth-order valence-electron chi connectivity index (χ4n) is 5.26. The summed E-state index contributed by atoms with van der Waals surface area (Å²) in [6.07, 6.45) is 0.836. The van der Waals surface area contributed by atoms with Gasteiger partial charge < -0.3 is 9.64 Å². The lowest BCUT2D eigenvalue weighted by molar-refractivity contribution is -0.148. The molecule has 7 heteroatoms. The number of carbonyl (C=O) groups excluding carboxylic acids is 1. The van der Waals surface area contributed by atoms with Gasteiger partial charge in [-0.1, -0.05) is 20.8 Å². The van der Waals surface area contributed by atoms with Crippen molar-refractivity contribution in [3.63, 3.8) is 0 Å². The third-order valence-corrected chi connectivity index (χ3v) is 7.83. The third kappa shape index (κ3) is 3.07. The van der Waals surface area contributed by atoms with E-state index in [0.29, 0.717) is 17.8 Å². The van der Waals surface area contributed by atoms with Crippen LogP contribution >= 0.6 is 22.6 Å². The Hall–Kier alpha value is -1.64. The molecule has 2 aromatic heterocycles. The van der Waals surface area contributed by atoms with E-state index in [1.165, 1.54) is 18.4 Å². The summed E-state index contributed by atoms with van der Waals surface area (Å²) in [5.41, 5.74) is 4.20. The van der Waals surface area contributed by atoms with E-state index in [1.54, 1.807) is 0 Å². The lowest BCUT2D eigenvalue weighted by Gasteiger charge is -2.31. The van der Waals surface area contributed by atoms with Crippen molar-refractivity contribution in [2.45, 2.75) is 47.0 Å². The van der Waals surface area contributed by atoms with E-state index in [0.717, 1.165) is 40.4 Å². The number of hydrogen-bond acceptors (Lipinski definition) is 5. The number of hydrogen-bond donors (Lipinski definition) is 0. The minimum absolute atomic E-state index is 0.0427. The standard InChI is InChI=1S/C22H29IN4O2/c1-12(2)19-15(5)27(25-20(19)23)17-7-8-18(24-14(17)4)26-10-9-22(21(28)29-6)13(3)16(22)11-26/h7-8,12-13,16H,9-11H2,1-6H3/t13-,16+,22+/m1/s1. The van der Waals surface area contributed by atoms with Crippen molar-refractivity contribution in [3.05, 3.63) is 32.8 Å². The summed E-state index contributed by atoms with van der Waals surface area (Å²) in [7, 11) is 1.50. The Bertz CT molecular complexity index is 970. The molecule has 1 aliphatic heterocycles. The van der Waals surface area contributed by atoms with Gasteiger partial charge in [-0.05, 0) is 72.7 Å². The van der Waals surface area contributed by atoms with Crippen LogP contribution < -0.4 is 4.90 Å². The first-order chi connectivity index (χ1) is 13.7. The van der Waals surface area contributed by atoms with E-state index in [4.69, 9.17) is 14.8 Å². The fourth-order valence-corrected chi connectivity index (χ4v) is 6.49. The molecule has 0 bridgehead atoms. The van der Waals surface area contributed by atoms with Crippen molar-refractivity contribution in [1.82, 2.24) is 14.8 Å². The number of fused-ring (bicyclic) bond motifs is 1. The maximum Gasteiger partial charge on any atom is 0.312 e. The van der Waals surface area contributed by atoms with Gasteiger partial charge in [0.15, 0.2) is 0 Å². The number of anilines is 1. The highest BCUT2D eigenvalue weighted by Crippen LogP contribution is 2.63. The molecule has 2 aromatic rings. The lowest BCUT2D eigenvalue weighted by atomic mass is 9.94. The van der Waals surface area contributed by atoms with Crippen LogP contribution in [-0.2, 0) is 9.53 Å². The molecule has 6 nitrogen and oxygen atoms in total. The molecule has 0 amide bonds. The predicted molar refractivity (Wildman–Crippen MR) is 122 cm³/mol. The van der Waals surface area contributed by atoms with Crippen molar-refractivity contribution >= 4 is 34.4 Å². The quantitative estimate of drug-likeness (QED) is 0.457. The number of ether oxygens (including phenoxy) is 1. The molecule has 2 aliphatic rings. The van der Waals surface area contributed by atoms with E-state index in [2.05, 4.69) is 67.3 Å². The van der Waals surface area contributed by atoms with Crippen LogP contribution in [0, 0.1) is 34.8 Å². The number of pyridine rings is 1. The molecule has 3 heterocycles. The first kappa shape index (κ1) is 20.6. The number of methoxy groups -OCH3 is 1. The Kier molecular flexibility index (Phi) is 5.16. The number of esters is 1. The average molecular weight is 508 g/mol. The Labute approximate surface area is 186 Å². The molecule has 3 atom stereocenters. The number of aryl methyl sites for hydroxylation is 1. The second-order valence-electron chi connectivity index (χ2n) is 8.75. The van der Waals surface area contributed by atoms with Gasteiger partial charge >= 0.3 is 5.97 Å². The Morgan fingerprint density at radius 1 is 1.34 bits per heavy atom. The van der Waals surface area contributed by atoms with Crippen molar-refractivity contribution in [1.29, 1.82) is 0 Å². The Morgan fingerprint density at radius 3 is 2.62 bits per heavy atom. The van der Waals surface area contributed by atoms with Crippen molar-refractivity contribution < 1.29 is 9.53 Å². The normalized spacial score (nSPS) is 25.9. The summed E-state index contributed by atoms with van der Waals surface area (Å²) in [5.74, 6) is 2.11. The highest BCUT2D eigenvalue weighted by atomic mass is 127. The van der Waals surface area contributed by atoms with Gasteiger partial charge in [0.1, 0.15) is 9.52 Å². The third-order valence-electron chi connectivity index (χ3n) is 7.04. The van der Waals surface area contributed by atoms with Crippen LogP contribution in [0.4, 0.5) is 5.82 Å². The number of carbonyl (C=O) groups is 1. The second kappa shape index (κ2) is 7.25. The first-order valence-corrected chi connectivity index (χ1v) is 11.4. The van der Waals surface area contributed by atoms with Crippen molar-refractivity contribution in [2.75, 3.05) is 25.1 Å². The summed E-state index contributed by atoms with van der Waals surface area (Å²) in [6.45, 7) is 12.4. The topological polar surface area (TPSA) is 60.2 Å². The molecular weight excluding hydrogens is 479 g/mol. The summed E-state index contributed by atoms with van der Waals surface area (Å²) >= 11 is 2.32. The fraction of sp³-hybridized carbons (Fsp3) is 0.591. The van der Waals surface area contributed by atoms with Gasteiger partial charge in [-0.25, -0.2) is 9.67 Å². The minimum atomic E-state index is -0.268. The van der Waals surface area contributed by atoms with Crippen LogP contribution in [0.3, 0.4) is 0 Å². The highest BCUT2D eigenvalue weighted by Gasteiger charge is 2.69. The van der Waals surface area contributed by atoms with Gasteiger partial charge in [0.05, 0.1) is 23.9 Å². The van der Waals surface area contributed by atoms with Crippen LogP contribution in [0.2, 0.25) is 0 Å². The smallest absolute Gasteiger partial charge is 0.312 e. The molecule has 29 heavy (non-hydrogen) atoms. The number of nitrogens with zero attached hydrogens (tertiary/aromatic N) is 4. The van der Waals surface area contributed by atoms with Gasteiger partial charge in [-0.15, -0.1) is 0 Å². The zero-order valence-corrected chi connectivity index (χ0v) is 20.1. The molecule has 4 rings (SSSR count).